The lowest BCUT2D eigenvalue weighted by Crippen LogP contribution is -2.20. The molecular formula is C17H18BrNO3. The van der Waals surface area contributed by atoms with Gasteiger partial charge in [0.25, 0.3) is 5.91 Å². The molecule has 116 valence electrons. The van der Waals surface area contributed by atoms with Crippen LogP contribution in [0.4, 0.5) is 5.69 Å². The fourth-order valence-electron chi connectivity index (χ4n) is 2.01. The summed E-state index contributed by atoms with van der Waals surface area (Å²) in [5.74, 6) is 1.22. The van der Waals surface area contributed by atoms with Gasteiger partial charge in [0.15, 0.2) is 6.61 Å². The monoisotopic (exact) mass is 363 g/mol. The second kappa shape index (κ2) is 7.31. The molecule has 0 aliphatic carbocycles. The van der Waals surface area contributed by atoms with Gasteiger partial charge in [0.05, 0.1) is 7.11 Å². The normalized spacial score (nSPS) is 10.2. The Bertz CT molecular complexity index is 645. The second-order valence-corrected chi connectivity index (χ2v) is 5.73. The van der Waals surface area contributed by atoms with Crippen molar-refractivity contribution in [2.45, 2.75) is 13.8 Å². The number of methoxy groups -OCH3 is 1. The lowest BCUT2D eigenvalue weighted by molar-refractivity contribution is -0.118. The van der Waals surface area contributed by atoms with Gasteiger partial charge in [-0.15, -0.1) is 0 Å². The summed E-state index contributed by atoms with van der Waals surface area (Å²) in [6.45, 7) is 3.94. The van der Waals surface area contributed by atoms with E-state index in [1.165, 1.54) is 0 Å². The van der Waals surface area contributed by atoms with Crippen molar-refractivity contribution in [3.8, 4) is 11.5 Å². The molecule has 0 bridgehead atoms. The van der Waals surface area contributed by atoms with Gasteiger partial charge >= 0.3 is 0 Å². The lowest BCUT2D eigenvalue weighted by Gasteiger charge is -2.10. The van der Waals surface area contributed by atoms with Crippen LogP contribution in [0.15, 0.2) is 40.9 Å². The van der Waals surface area contributed by atoms with Gasteiger partial charge in [0.2, 0.25) is 0 Å². The number of amides is 1. The van der Waals surface area contributed by atoms with Crippen molar-refractivity contribution in [2.75, 3.05) is 19.0 Å². The summed E-state index contributed by atoms with van der Waals surface area (Å²) in [6.07, 6.45) is 0. The first-order valence-electron chi connectivity index (χ1n) is 6.83. The van der Waals surface area contributed by atoms with Crippen molar-refractivity contribution < 1.29 is 14.3 Å². The Morgan fingerprint density at radius 2 is 1.68 bits per heavy atom. The molecule has 0 aromatic heterocycles. The third-order valence-electron chi connectivity index (χ3n) is 3.15. The van der Waals surface area contributed by atoms with E-state index < -0.39 is 0 Å². The van der Waals surface area contributed by atoms with Crippen LogP contribution in [0.5, 0.6) is 11.5 Å². The topological polar surface area (TPSA) is 47.6 Å². The Balaban J connectivity index is 1.92. The van der Waals surface area contributed by atoms with E-state index in [2.05, 4.69) is 21.2 Å². The number of hydrogen-bond acceptors (Lipinski definition) is 3. The zero-order chi connectivity index (χ0) is 16.1. The maximum Gasteiger partial charge on any atom is 0.262 e. The molecule has 0 saturated carbocycles. The summed E-state index contributed by atoms with van der Waals surface area (Å²) in [7, 11) is 1.60. The first-order chi connectivity index (χ1) is 10.5. The highest BCUT2D eigenvalue weighted by atomic mass is 79.9. The van der Waals surface area contributed by atoms with E-state index in [0.717, 1.165) is 21.3 Å². The van der Waals surface area contributed by atoms with Crippen molar-refractivity contribution >= 4 is 27.5 Å². The Morgan fingerprint density at radius 3 is 2.23 bits per heavy atom. The molecule has 1 N–H and O–H groups in total. The van der Waals surface area contributed by atoms with Crippen molar-refractivity contribution in [1.29, 1.82) is 0 Å². The van der Waals surface area contributed by atoms with Crippen molar-refractivity contribution in [3.05, 3.63) is 52.0 Å². The predicted octanol–water partition coefficient (Wildman–Crippen LogP) is 4.09. The molecule has 0 fully saturated rings. The summed E-state index contributed by atoms with van der Waals surface area (Å²) in [5, 5.41) is 2.78. The van der Waals surface area contributed by atoms with Crippen LogP contribution < -0.4 is 14.8 Å². The standard InChI is InChI=1S/C17H18BrNO3/c1-11-8-15(9-12(2)17(11)18)22-10-16(20)19-13-4-6-14(21-3)7-5-13/h4-9H,10H2,1-3H3,(H,19,20). The molecule has 2 rings (SSSR count). The minimum atomic E-state index is -0.205. The molecule has 0 heterocycles. The number of anilines is 1. The molecule has 0 aliphatic heterocycles. The highest BCUT2D eigenvalue weighted by Gasteiger charge is 2.07. The van der Waals surface area contributed by atoms with Gasteiger partial charge < -0.3 is 14.8 Å². The van der Waals surface area contributed by atoms with Gasteiger partial charge in [-0.3, -0.25) is 4.79 Å². The molecule has 5 heteroatoms. The van der Waals surface area contributed by atoms with E-state index in [1.54, 1.807) is 31.4 Å². The minimum absolute atomic E-state index is 0.0352. The second-order valence-electron chi connectivity index (χ2n) is 4.94. The summed E-state index contributed by atoms with van der Waals surface area (Å²) < 4.78 is 11.7. The summed E-state index contributed by atoms with van der Waals surface area (Å²) >= 11 is 3.50. The van der Waals surface area contributed by atoms with Crippen LogP contribution in [-0.2, 0) is 4.79 Å². The van der Waals surface area contributed by atoms with Crippen LogP contribution in [0.1, 0.15) is 11.1 Å². The fraction of sp³-hybridized carbons (Fsp3) is 0.235. The molecule has 2 aromatic carbocycles. The first-order valence-corrected chi connectivity index (χ1v) is 7.62. The molecule has 0 unspecified atom stereocenters. The Labute approximate surface area is 138 Å². The minimum Gasteiger partial charge on any atom is -0.497 e. The SMILES string of the molecule is COc1ccc(NC(=O)COc2cc(C)c(Br)c(C)c2)cc1. The number of hydrogen-bond donors (Lipinski definition) is 1. The number of halogens is 1. The van der Waals surface area contributed by atoms with Crippen molar-refractivity contribution in [3.63, 3.8) is 0 Å². The average molecular weight is 364 g/mol. The maximum absolute atomic E-state index is 11.9. The summed E-state index contributed by atoms with van der Waals surface area (Å²) in [4.78, 5) is 11.9. The zero-order valence-electron chi connectivity index (χ0n) is 12.8. The van der Waals surface area contributed by atoms with Gasteiger partial charge in [0, 0.05) is 10.2 Å². The number of rotatable bonds is 5. The predicted molar refractivity (Wildman–Crippen MR) is 90.7 cm³/mol. The molecule has 0 aliphatic rings. The Morgan fingerprint density at radius 1 is 1.09 bits per heavy atom. The van der Waals surface area contributed by atoms with E-state index in [1.807, 2.05) is 26.0 Å². The summed E-state index contributed by atoms with van der Waals surface area (Å²) in [5.41, 5.74) is 2.86. The molecular weight excluding hydrogens is 346 g/mol. The van der Waals surface area contributed by atoms with Gasteiger partial charge in [0.1, 0.15) is 11.5 Å². The van der Waals surface area contributed by atoms with Crippen LogP contribution >= 0.6 is 15.9 Å². The molecule has 0 radical (unpaired) electrons. The smallest absolute Gasteiger partial charge is 0.262 e. The highest BCUT2D eigenvalue weighted by Crippen LogP contribution is 2.26. The number of nitrogens with one attached hydrogen (secondary N) is 1. The number of benzene rings is 2. The number of carbonyl (C=O) groups excluding carboxylic acids is 1. The van der Waals surface area contributed by atoms with Gasteiger partial charge in [-0.2, -0.15) is 0 Å². The quantitative estimate of drug-likeness (QED) is 0.869. The number of ether oxygens (including phenoxy) is 2. The van der Waals surface area contributed by atoms with Crippen LogP contribution in [0.2, 0.25) is 0 Å². The van der Waals surface area contributed by atoms with Crippen molar-refractivity contribution in [1.82, 2.24) is 0 Å². The molecule has 4 nitrogen and oxygen atoms in total. The third-order valence-corrected chi connectivity index (χ3v) is 4.40. The van der Waals surface area contributed by atoms with Gasteiger partial charge in [-0.05, 0) is 61.4 Å². The van der Waals surface area contributed by atoms with Crippen LogP contribution in [-0.4, -0.2) is 19.6 Å². The Hall–Kier alpha value is -2.01. The van der Waals surface area contributed by atoms with Crippen LogP contribution in [0.25, 0.3) is 0 Å². The number of carbonyl (C=O) groups is 1. The third kappa shape index (κ3) is 4.24. The van der Waals surface area contributed by atoms with E-state index in [0.29, 0.717) is 11.4 Å². The van der Waals surface area contributed by atoms with E-state index in [-0.39, 0.29) is 12.5 Å². The molecule has 22 heavy (non-hydrogen) atoms. The van der Waals surface area contributed by atoms with Crippen molar-refractivity contribution in [2.24, 2.45) is 0 Å². The van der Waals surface area contributed by atoms with Gasteiger partial charge in [-0.25, -0.2) is 0 Å². The molecule has 0 atom stereocenters. The zero-order valence-corrected chi connectivity index (χ0v) is 14.4. The van der Waals surface area contributed by atoms with Crippen LogP contribution in [0, 0.1) is 13.8 Å². The van der Waals surface area contributed by atoms with Gasteiger partial charge in [-0.1, -0.05) is 15.9 Å². The van der Waals surface area contributed by atoms with E-state index in [4.69, 9.17) is 9.47 Å². The van der Waals surface area contributed by atoms with Crippen LogP contribution in [0.3, 0.4) is 0 Å². The molecule has 0 spiro atoms. The average Bonchev–Trinajstić information content (AvgIpc) is 2.51. The lowest BCUT2D eigenvalue weighted by atomic mass is 10.1. The molecule has 1 amide bonds. The van der Waals surface area contributed by atoms with E-state index in [9.17, 15) is 4.79 Å². The summed E-state index contributed by atoms with van der Waals surface area (Å²) in [6, 6.07) is 10.9. The largest absolute Gasteiger partial charge is 0.497 e. The highest BCUT2D eigenvalue weighted by molar-refractivity contribution is 9.10. The number of aryl methyl sites for hydroxylation is 2. The Kier molecular flexibility index (Phi) is 5.44. The fourth-order valence-corrected chi connectivity index (χ4v) is 2.24. The van der Waals surface area contributed by atoms with E-state index >= 15 is 0 Å². The maximum atomic E-state index is 11.9. The molecule has 0 saturated heterocycles. The molecule has 2 aromatic rings. The first kappa shape index (κ1) is 16.4.